The third-order valence-electron chi connectivity index (χ3n) is 4.61. The third kappa shape index (κ3) is 5.73. The van der Waals surface area contributed by atoms with Gasteiger partial charge in [-0.15, -0.1) is 11.3 Å². The molecule has 3 amide bonds. The molecular formula is C21H25N3O5S. The molecule has 3 rings (SSSR count). The summed E-state index contributed by atoms with van der Waals surface area (Å²) in [5, 5.41) is 1.92. The average Bonchev–Trinajstić information content (AvgIpc) is 3.43. The van der Waals surface area contributed by atoms with Gasteiger partial charge in [0, 0.05) is 11.4 Å². The van der Waals surface area contributed by atoms with Crippen molar-refractivity contribution in [2.45, 2.75) is 32.2 Å². The summed E-state index contributed by atoms with van der Waals surface area (Å²) in [6.07, 6.45) is 1.59. The lowest BCUT2D eigenvalue weighted by atomic mass is 10.2. The quantitative estimate of drug-likeness (QED) is 0.623. The van der Waals surface area contributed by atoms with E-state index in [4.69, 9.17) is 9.47 Å². The maximum absolute atomic E-state index is 12.5. The Morgan fingerprint density at radius 2 is 1.87 bits per heavy atom. The number of benzene rings is 1. The van der Waals surface area contributed by atoms with Crippen LogP contribution in [-0.2, 0) is 20.8 Å². The maximum atomic E-state index is 12.5. The highest BCUT2D eigenvalue weighted by Crippen LogP contribution is 2.26. The van der Waals surface area contributed by atoms with Crippen molar-refractivity contribution in [2.75, 3.05) is 19.8 Å². The lowest BCUT2D eigenvalue weighted by molar-refractivity contribution is -0.139. The van der Waals surface area contributed by atoms with Gasteiger partial charge in [-0.1, -0.05) is 18.2 Å². The Morgan fingerprint density at radius 3 is 2.57 bits per heavy atom. The first kappa shape index (κ1) is 21.6. The van der Waals surface area contributed by atoms with Crippen molar-refractivity contribution in [2.24, 2.45) is 0 Å². The van der Waals surface area contributed by atoms with Crippen LogP contribution in [0.3, 0.4) is 0 Å². The summed E-state index contributed by atoms with van der Waals surface area (Å²) in [5.41, 5.74) is 4.75. The summed E-state index contributed by atoms with van der Waals surface area (Å²) in [6, 6.07) is 10.2. The first-order chi connectivity index (χ1) is 14.6. The number of carbonyl (C=O) groups is 3. The predicted molar refractivity (Wildman–Crippen MR) is 112 cm³/mol. The number of hydrogen-bond acceptors (Lipinski definition) is 6. The largest absolute Gasteiger partial charge is 0.490 e. The SMILES string of the molecule is CCOc1ccccc1OCC(=O)NNC(=O)C1CCCN1C(=O)Cc1cccs1. The molecule has 1 fully saturated rings. The number of thiophene rings is 1. The molecule has 2 N–H and O–H groups in total. The van der Waals surface area contributed by atoms with E-state index in [2.05, 4.69) is 10.9 Å². The van der Waals surface area contributed by atoms with Gasteiger partial charge < -0.3 is 14.4 Å². The summed E-state index contributed by atoms with van der Waals surface area (Å²) in [5.74, 6) is -0.0128. The Bertz CT molecular complexity index is 871. The van der Waals surface area contributed by atoms with Crippen LogP contribution in [0.15, 0.2) is 41.8 Å². The van der Waals surface area contributed by atoms with Gasteiger partial charge in [-0.3, -0.25) is 25.2 Å². The highest BCUT2D eigenvalue weighted by Gasteiger charge is 2.34. The van der Waals surface area contributed by atoms with Crippen LogP contribution in [0.25, 0.3) is 0 Å². The first-order valence-electron chi connectivity index (χ1n) is 9.83. The van der Waals surface area contributed by atoms with Gasteiger partial charge in [-0.2, -0.15) is 0 Å². The minimum absolute atomic E-state index is 0.0858. The fourth-order valence-corrected chi connectivity index (χ4v) is 3.94. The predicted octanol–water partition coefficient (Wildman–Crippen LogP) is 1.91. The van der Waals surface area contributed by atoms with Gasteiger partial charge in [0.25, 0.3) is 11.8 Å². The van der Waals surface area contributed by atoms with Gasteiger partial charge in [0.1, 0.15) is 6.04 Å². The molecule has 1 aromatic carbocycles. The fourth-order valence-electron chi connectivity index (χ4n) is 3.24. The van der Waals surface area contributed by atoms with E-state index in [1.807, 2.05) is 30.5 Å². The Balaban J connectivity index is 1.46. The van der Waals surface area contributed by atoms with Crippen LogP contribution in [0.2, 0.25) is 0 Å². The van der Waals surface area contributed by atoms with Crippen LogP contribution in [0.1, 0.15) is 24.6 Å². The van der Waals surface area contributed by atoms with E-state index < -0.39 is 17.9 Å². The molecule has 0 radical (unpaired) electrons. The molecule has 30 heavy (non-hydrogen) atoms. The number of likely N-dealkylation sites (tertiary alicyclic amines) is 1. The maximum Gasteiger partial charge on any atom is 0.276 e. The van der Waals surface area contributed by atoms with Gasteiger partial charge in [0.05, 0.1) is 13.0 Å². The molecule has 1 aliphatic rings. The van der Waals surface area contributed by atoms with Crippen LogP contribution < -0.4 is 20.3 Å². The average molecular weight is 432 g/mol. The van der Waals surface area contributed by atoms with E-state index in [0.29, 0.717) is 31.1 Å². The molecule has 1 saturated heterocycles. The van der Waals surface area contributed by atoms with Crippen molar-refractivity contribution in [1.29, 1.82) is 0 Å². The Morgan fingerprint density at radius 1 is 1.10 bits per heavy atom. The van der Waals surface area contributed by atoms with Crippen molar-refractivity contribution in [3.05, 3.63) is 46.7 Å². The summed E-state index contributed by atoms with van der Waals surface area (Å²) < 4.78 is 10.9. The topological polar surface area (TPSA) is 97.0 Å². The van der Waals surface area contributed by atoms with E-state index in [-0.39, 0.29) is 18.9 Å². The number of hydrazine groups is 1. The number of para-hydroxylation sites is 2. The number of nitrogens with one attached hydrogen (secondary N) is 2. The second-order valence-electron chi connectivity index (χ2n) is 6.71. The normalized spacial score (nSPS) is 15.5. The van der Waals surface area contributed by atoms with Gasteiger partial charge in [0.15, 0.2) is 18.1 Å². The molecule has 0 aliphatic carbocycles. The van der Waals surface area contributed by atoms with Crippen molar-refractivity contribution in [3.8, 4) is 11.5 Å². The Hall–Kier alpha value is -3.07. The summed E-state index contributed by atoms with van der Waals surface area (Å²) in [6.45, 7) is 2.59. The standard InChI is InChI=1S/C21H25N3O5S/c1-2-28-17-9-3-4-10-18(17)29-14-19(25)22-23-21(27)16-8-5-11-24(16)20(26)13-15-7-6-12-30-15/h3-4,6-7,9-10,12,16H,2,5,8,11,13-14H2,1H3,(H,22,25)(H,23,27). The third-order valence-corrected chi connectivity index (χ3v) is 5.49. The molecule has 0 saturated carbocycles. The molecule has 1 aliphatic heterocycles. The van der Waals surface area contributed by atoms with Crippen molar-refractivity contribution < 1.29 is 23.9 Å². The molecular weight excluding hydrogens is 406 g/mol. The number of hydrogen-bond donors (Lipinski definition) is 2. The molecule has 160 valence electrons. The molecule has 1 atom stereocenters. The molecule has 9 heteroatoms. The number of carbonyl (C=O) groups excluding carboxylic acids is 3. The van der Waals surface area contributed by atoms with Gasteiger partial charge in [-0.05, 0) is 43.3 Å². The number of nitrogens with zero attached hydrogens (tertiary/aromatic N) is 1. The van der Waals surface area contributed by atoms with Gasteiger partial charge in [0.2, 0.25) is 5.91 Å². The van der Waals surface area contributed by atoms with Crippen LogP contribution in [-0.4, -0.2) is 48.4 Å². The minimum atomic E-state index is -0.586. The second kappa shape index (κ2) is 10.6. The molecule has 1 unspecified atom stereocenters. The van der Waals surface area contributed by atoms with Crippen LogP contribution in [0.5, 0.6) is 11.5 Å². The zero-order valence-electron chi connectivity index (χ0n) is 16.8. The second-order valence-corrected chi connectivity index (χ2v) is 7.74. The minimum Gasteiger partial charge on any atom is -0.490 e. The van der Waals surface area contributed by atoms with E-state index in [9.17, 15) is 14.4 Å². The van der Waals surface area contributed by atoms with E-state index in [1.54, 1.807) is 23.1 Å². The van der Waals surface area contributed by atoms with E-state index in [0.717, 1.165) is 11.3 Å². The number of rotatable bonds is 8. The van der Waals surface area contributed by atoms with Crippen molar-refractivity contribution in [3.63, 3.8) is 0 Å². The summed E-state index contributed by atoms with van der Waals surface area (Å²) >= 11 is 1.51. The lowest BCUT2D eigenvalue weighted by Crippen LogP contribution is -2.52. The van der Waals surface area contributed by atoms with Crippen molar-refractivity contribution in [1.82, 2.24) is 15.8 Å². The van der Waals surface area contributed by atoms with Crippen LogP contribution in [0, 0.1) is 0 Å². The zero-order chi connectivity index (χ0) is 21.3. The molecule has 2 aromatic rings. The first-order valence-corrected chi connectivity index (χ1v) is 10.7. The molecule has 0 bridgehead atoms. The Labute approximate surface area is 179 Å². The molecule has 8 nitrogen and oxygen atoms in total. The smallest absolute Gasteiger partial charge is 0.276 e. The number of amides is 3. The highest BCUT2D eigenvalue weighted by molar-refractivity contribution is 7.10. The van der Waals surface area contributed by atoms with Crippen molar-refractivity contribution >= 4 is 29.1 Å². The summed E-state index contributed by atoms with van der Waals surface area (Å²) in [7, 11) is 0. The zero-order valence-corrected chi connectivity index (χ0v) is 17.6. The fraction of sp³-hybridized carbons (Fsp3) is 0.381. The highest BCUT2D eigenvalue weighted by atomic mass is 32.1. The van der Waals surface area contributed by atoms with E-state index in [1.165, 1.54) is 11.3 Å². The monoisotopic (exact) mass is 431 g/mol. The molecule has 1 aromatic heterocycles. The molecule has 2 heterocycles. The van der Waals surface area contributed by atoms with Crippen LogP contribution in [0.4, 0.5) is 0 Å². The van der Waals surface area contributed by atoms with Crippen LogP contribution >= 0.6 is 11.3 Å². The summed E-state index contributed by atoms with van der Waals surface area (Å²) in [4.78, 5) is 39.6. The van der Waals surface area contributed by atoms with Gasteiger partial charge in [-0.25, -0.2) is 0 Å². The van der Waals surface area contributed by atoms with E-state index >= 15 is 0 Å². The number of ether oxygens (including phenoxy) is 2. The van der Waals surface area contributed by atoms with Gasteiger partial charge >= 0.3 is 0 Å². The molecule has 0 spiro atoms. The lowest BCUT2D eigenvalue weighted by Gasteiger charge is -2.24. The Kier molecular flexibility index (Phi) is 7.67.